The van der Waals surface area contributed by atoms with E-state index in [0.29, 0.717) is 16.7 Å². The smallest absolute Gasteiger partial charge is 0.265 e. The standard InChI is InChI=1S/C11H10BrN3O/c1-2-8-9(12)11(16)15-10(14-8)7-3-5-13-6-4-7/h3-6H,2H2,1H3,(H,14,15,16). The molecule has 2 rings (SSSR count). The molecule has 16 heavy (non-hydrogen) atoms. The number of pyridine rings is 1. The minimum Gasteiger partial charge on any atom is -0.306 e. The highest BCUT2D eigenvalue weighted by molar-refractivity contribution is 9.10. The molecular formula is C11H10BrN3O. The maximum atomic E-state index is 11.6. The van der Waals surface area contributed by atoms with Crippen LogP contribution in [0.25, 0.3) is 11.4 Å². The minimum atomic E-state index is -0.154. The summed E-state index contributed by atoms with van der Waals surface area (Å²) in [5.41, 5.74) is 1.46. The summed E-state index contributed by atoms with van der Waals surface area (Å²) in [4.78, 5) is 22.7. The molecule has 2 aromatic heterocycles. The largest absolute Gasteiger partial charge is 0.306 e. The molecule has 0 aliphatic heterocycles. The van der Waals surface area contributed by atoms with Crippen LogP contribution in [-0.4, -0.2) is 15.0 Å². The van der Waals surface area contributed by atoms with Crippen LogP contribution in [0.3, 0.4) is 0 Å². The van der Waals surface area contributed by atoms with Gasteiger partial charge in [0.2, 0.25) is 0 Å². The number of aromatic amines is 1. The summed E-state index contributed by atoms with van der Waals surface area (Å²) in [5, 5.41) is 0. The van der Waals surface area contributed by atoms with Crippen LogP contribution in [0.5, 0.6) is 0 Å². The van der Waals surface area contributed by atoms with Crippen LogP contribution in [0.15, 0.2) is 33.8 Å². The van der Waals surface area contributed by atoms with Crippen molar-refractivity contribution in [3.8, 4) is 11.4 Å². The molecule has 0 aliphatic carbocycles. The normalized spacial score (nSPS) is 10.4. The molecule has 0 saturated heterocycles. The van der Waals surface area contributed by atoms with Crippen LogP contribution in [0, 0.1) is 0 Å². The monoisotopic (exact) mass is 279 g/mol. The van der Waals surface area contributed by atoms with Gasteiger partial charge in [-0.1, -0.05) is 6.92 Å². The summed E-state index contributed by atoms with van der Waals surface area (Å²) in [6, 6.07) is 3.62. The van der Waals surface area contributed by atoms with E-state index in [4.69, 9.17) is 0 Å². The average Bonchev–Trinajstić information content (AvgIpc) is 2.33. The van der Waals surface area contributed by atoms with Crippen LogP contribution in [0.2, 0.25) is 0 Å². The summed E-state index contributed by atoms with van der Waals surface area (Å²) in [7, 11) is 0. The number of aryl methyl sites for hydroxylation is 1. The molecule has 0 amide bonds. The van der Waals surface area contributed by atoms with Gasteiger partial charge in [-0.15, -0.1) is 0 Å². The lowest BCUT2D eigenvalue weighted by molar-refractivity contribution is 0.970. The fraction of sp³-hybridized carbons (Fsp3) is 0.182. The van der Waals surface area contributed by atoms with E-state index in [2.05, 4.69) is 30.9 Å². The van der Waals surface area contributed by atoms with Crippen LogP contribution in [-0.2, 0) is 6.42 Å². The Morgan fingerprint density at radius 3 is 2.69 bits per heavy atom. The predicted octanol–water partition coefficient (Wildman–Crippen LogP) is 2.16. The van der Waals surface area contributed by atoms with E-state index >= 15 is 0 Å². The minimum absolute atomic E-state index is 0.154. The Bertz CT molecular complexity index is 551. The lowest BCUT2D eigenvalue weighted by Gasteiger charge is -2.04. The Hall–Kier alpha value is -1.49. The van der Waals surface area contributed by atoms with E-state index in [1.165, 1.54) is 0 Å². The lowest BCUT2D eigenvalue weighted by atomic mass is 10.2. The van der Waals surface area contributed by atoms with Crippen molar-refractivity contribution in [2.45, 2.75) is 13.3 Å². The van der Waals surface area contributed by atoms with Crippen molar-refractivity contribution in [3.05, 3.63) is 45.0 Å². The molecule has 1 N–H and O–H groups in total. The highest BCUT2D eigenvalue weighted by Gasteiger charge is 2.08. The quantitative estimate of drug-likeness (QED) is 0.917. The summed E-state index contributed by atoms with van der Waals surface area (Å²) in [5.74, 6) is 0.576. The molecule has 2 aromatic rings. The first-order valence-corrected chi connectivity index (χ1v) is 5.70. The van der Waals surface area contributed by atoms with Gasteiger partial charge in [0, 0.05) is 18.0 Å². The zero-order chi connectivity index (χ0) is 11.5. The summed E-state index contributed by atoms with van der Waals surface area (Å²) in [6.45, 7) is 1.96. The number of hydrogen-bond donors (Lipinski definition) is 1. The molecule has 0 spiro atoms. The topological polar surface area (TPSA) is 58.6 Å². The van der Waals surface area contributed by atoms with Gasteiger partial charge in [-0.3, -0.25) is 9.78 Å². The molecule has 0 saturated carbocycles. The van der Waals surface area contributed by atoms with Gasteiger partial charge in [-0.05, 0) is 34.5 Å². The van der Waals surface area contributed by atoms with Gasteiger partial charge in [-0.25, -0.2) is 4.98 Å². The van der Waals surface area contributed by atoms with Crippen molar-refractivity contribution in [1.82, 2.24) is 15.0 Å². The third kappa shape index (κ3) is 2.04. The predicted molar refractivity (Wildman–Crippen MR) is 65.2 cm³/mol. The molecule has 0 atom stereocenters. The summed E-state index contributed by atoms with van der Waals surface area (Å²) >= 11 is 3.23. The molecule has 5 heteroatoms. The average molecular weight is 280 g/mol. The van der Waals surface area contributed by atoms with Gasteiger partial charge in [-0.2, -0.15) is 0 Å². The maximum Gasteiger partial charge on any atom is 0.265 e. The van der Waals surface area contributed by atoms with Crippen molar-refractivity contribution >= 4 is 15.9 Å². The fourth-order valence-corrected chi connectivity index (χ4v) is 1.85. The Balaban J connectivity index is 2.60. The van der Waals surface area contributed by atoms with E-state index < -0.39 is 0 Å². The first-order chi connectivity index (χ1) is 7.72. The highest BCUT2D eigenvalue weighted by Crippen LogP contribution is 2.16. The lowest BCUT2D eigenvalue weighted by Crippen LogP contribution is -2.13. The Kier molecular flexibility index (Phi) is 3.14. The number of nitrogens with zero attached hydrogens (tertiary/aromatic N) is 2. The molecule has 82 valence electrons. The first kappa shape index (κ1) is 11.0. The van der Waals surface area contributed by atoms with E-state index in [9.17, 15) is 4.79 Å². The fourth-order valence-electron chi connectivity index (χ4n) is 1.39. The molecule has 0 bridgehead atoms. The van der Waals surface area contributed by atoms with Gasteiger partial charge in [0.15, 0.2) is 0 Å². The van der Waals surface area contributed by atoms with Crippen molar-refractivity contribution < 1.29 is 0 Å². The van der Waals surface area contributed by atoms with E-state index in [-0.39, 0.29) is 5.56 Å². The molecule has 0 fully saturated rings. The Morgan fingerprint density at radius 1 is 1.38 bits per heavy atom. The number of H-pyrrole nitrogens is 1. The van der Waals surface area contributed by atoms with Crippen LogP contribution < -0.4 is 5.56 Å². The summed E-state index contributed by atoms with van der Waals surface area (Å²) in [6.07, 6.45) is 4.05. The number of aromatic nitrogens is 3. The molecular weight excluding hydrogens is 270 g/mol. The third-order valence-corrected chi connectivity index (χ3v) is 3.04. The van der Waals surface area contributed by atoms with Gasteiger partial charge in [0.05, 0.1) is 5.69 Å². The molecule has 4 nitrogen and oxygen atoms in total. The van der Waals surface area contributed by atoms with Crippen LogP contribution in [0.4, 0.5) is 0 Å². The second-order valence-electron chi connectivity index (χ2n) is 3.26. The molecule has 0 unspecified atom stereocenters. The van der Waals surface area contributed by atoms with Crippen molar-refractivity contribution in [3.63, 3.8) is 0 Å². The maximum absolute atomic E-state index is 11.6. The molecule has 0 aliphatic rings. The van der Waals surface area contributed by atoms with Gasteiger partial charge < -0.3 is 4.98 Å². The second kappa shape index (κ2) is 4.57. The zero-order valence-electron chi connectivity index (χ0n) is 8.70. The Morgan fingerprint density at radius 2 is 2.06 bits per heavy atom. The zero-order valence-corrected chi connectivity index (χ0v) is 10.3. The van der Waals surface area contributed by atoms with Crippen molar-refractivity contribution in [2.24, 2.45) is 0 Å². The third-order valence-electron chi connectivity index (χ3n) is 2.22. The Labute approximate surface area is 101 Å². The SMILES string of the molecule is CCc1nc(-c2ccncc2)[nH]c(=O)c1Br. The molecule has 0 aromatic carbocycles. The second-order valence-corrected chi connectivity index (χ2v) is 4.06. The van der Waals surface area contributed by atoms with E-state index in [1.807, 2.05) is 19.1 Å². The highest BCUT2D eigenvalue weighted by atomic mass is 79.9. The van der Waals surface area contributed by atoms with E-state index in [0.717, 1.165) is 11.3 Å². The number of hydrogen-bond acceptors (Lipinski definition) is 3. The first-order valence-electron chi connectivity index (χ1n) is 4.91. The van der Waals surface area contributed by atoms with Gasteiger partial charge in [0.25, 0.3) is 5.56 Å². The van der Waals surface area contributed by atoms with Crippen LogP contribution >= 0.6 is 15.9 Å². The number of halogens is 1. The number of nitrogens with one attached hydrogen (secondary N) is 1. The number of rotatable bonds is 2. The molecule has 0 radical (unpaired) electrons. The summed E-state index contributed by atoms with van der Waals surface area (Å²) < 4.78 is 0.507. The van der Waals surface area contributed by atoms with Crippen LogP contribution in [0.1, 0.15) is 12.6 Å². The molecule has 2 heterocycles. The van der Waals surface area contributed by atoms with Crippen molar-refractivity contribution in [2.75, 3.05) is 0 Å². The van der Waals surface area contributed by atoms with Gasteiger partial charge in [0.1, 0.15) is 10.3 Å². The van der Waals surface area contributed by atoms with Gasteiger partial charge >= 0.3 is 0 Å². The van der Waals surface area contributed by atoms with Crippen molar-refractivity contribution in [1.29, 1.82) is 0 Å². The van der Waals surface area contributed by atoms with E-state index in [1.54, 1.807) is 12.4 Å².